The topological polar surface area (TPSA) is 117 Å². The number of aromatic hydroxyl groups is 1. The van der Waals surface area contributed by atoms with Crippen molar-refractivity contribution in [2.45, 2.75) is 12.3 Å². The second kappa shape index (κ2) is 12.1. The highest BCUT2D eigenvalue weighted by molar-refractivity contribution is 9.10. The second-order valence-corrected chi connectivity index (χ2v) is 10.9. The van der Waals surface area contributed by atoms with Crippen LogP contribution in [0.15, 0.2) is 111 Å². The smallest absolute Gasteiger partial charge is 0.344 e. The lowest BCUT2D eigenvalue weighted by Gasteiger charge is -2.20. The molecule has 0 aliphatic heterocycles. The van der Waals surface area contributed by atoms with Gasteiger partial charge in [0.1, 0.15) is 17.1 Å². The number of amides is 2. The molecule has 0 radical (unpaired) electrons. The first kappa shape index (κ1) is 28.1. The number of carbonyl (C=O) groups excluding carboxylic acids is 1. The lowest BCUT2D eigenvalue weighted by atomic mass is 9.85. The maximum atomic E-state index is 13.6. The molecule has 0 spiro atoms. The highest BCUT2D eigenvalue weighted by Gasteiger charge is 2.30. The summed E-state index contributed by atoms with van der Waals surface area (Å²) in [7, 11) is 1.55. The van der Waals surface area contributed by atoms with E-state index in [4.69, 9.17) is 9.15 Å². The number of hydrogen-bond acceptors (Lipinski definition) is 5. The van der Waals surface area contributed by atoms with E-state index in [1.165, 1.54) is 0 Å². The maximum absolute atomic E-state index is 13.6. The van der Waals surface area contributed by atoms with Crippen LogP contribution in [0.1, 0.15) is 28.3 Å². The highest BCUT2D eigenvalue weighted by atomic mass is 79.9. The fourth-order valence-corrected chi connectivity index (χ4v) is 5.94. The van der Waals surface area contributed by atoms with Gasteiger partial charge in [-0.25, -0.2) is 9.59 Å². The molecule has 2 aromatic heterocycles. The van der Waals surface area contributed by atoms with Crippen LogP contribution in [0.25, 0.3) is 21.9 Å². The lowest BCUT2D eigenvalue weighted by molar-refractivity contribution is 0.252. The van der Waals surface area contributed by atoms with Gasteiger partial charge in [0.05, 0.1) is 29.7 Å². The summed E-state index contributed by atoms with van der Waals surface area (Å²) in [6, 6.07) is 29.2. The van der Waals surface area contributed by atoms with Crippen LogP contribution in [0.4, 0.5) is 10.5 Å². The van der Waals surface area contributed by atoms with Gasteiger partial charge in [-0.2, -0.15) is 0 Å². The van der Waals surface area contributed by atoms with Gasteiger partial charge in [0.2, 0.25) is 0 Å². The number of aromatic amines is 1. The maximum Gasteiger partial charge on any atom is 0.344 e. The van der Waals surface area contributed by atoms with Crippen molar-refractivity contribution in [3.05, 3.63) is 134 Å². The molecule has 9 heteroatoms. The summed E-state index contributed by atoms with van der Waals surface area (Å²) in [6.45, 7) is 0.305. The Bertz CT molecular complexity index is 2020. The normalized spacial score (nSPS) is 11.9. The van der Waals surface area contributed by atoms with Crippen molar-refractivity contribution in [1.29, 1.82) is 0 Å². The van der Waals surface area contributed by atoms with Crippen molar-refractivity contribution in [3.8, 4) is 11.5 Å². The van der Waals surface area contributed by atoms with Crippen LogP contribution < -0.4 is 21.0 Å². The van der Waals surface area contributed by atoms with E-state index in [1.54, 1.807) is 43.5 Å². The molecule has 1 unspecified atom stereocenters. The molecule has 216 valence electrons. The third-order valence-electron chi connectivity index (χ3n) is 7.44. The number of para-hydroxylation sites is 4. The van der Waals surface area contributed by atoms with Crippen LogP contribution in [-0.4, -0.2) is 29.8 Å². The van der Waals surface area contributed by atoms with Gasteiger partial charge in [-0.1, -0.05) is 70.5 Å². The summed E-state index contributed by atoms with van der Waals surface area (Å²) < 4.78 is 11.9. The minimum atomic E-state index is -0.692. The van der Waals surface area contributed by atoms with Crippen molar-refractivity contribution in [2.75, 3.05) is 19.0 Å². The van der Waals surface area contributed by atoms with Gasteiger partial charge in [0.15, 0.2) is 0 Å². The molecule has 8 nitrogen and oxygen atoms in total. The van der Waals surface area contributed by atoms with Crippen molar-refractivity contribution >= 4 is 49.5 Å². The van der Waals surface area contributed by atoms with E-state index < -0.39 is 11.5 Å². The van der Waals surface area contributed by atoms with Crippen LogP contribution in [-0.2, 0) is 6.42 Å². The summed E-state index contributed by atoms with van der Waals surface area (Å²) >= 11 is 3.56. The van der Waals surface area contributed by atoms with E-state index in [2.05, 4.69) is 31.5 Å². The van der Waals surface area contributed by atoms with Gasteiger partial charge in [-0.3, -0.25) is 0 Å². The van der Waals surface area contributed by atoms with Gasteiger partial charge in [0.25, 0.3) is 0 Å². The highest BCUT2D eigenvalue weighted by Crippen LogP contribution is 2.41. The number of benzene rings is 4. The van der Waals surface area contributed by atoms with Gasteiger partial charge >= 0.3 is 11.7 Å². The van der Waals surface area contributed by atoms with Crippen molar-refractivity contribution < 1.29 is 19.1 Å². The molecule has 2 heterocycles. The Morgan fingerprint density at radius 2 is 1.72 bits per heavy atom. The molecule has 0 fully saturated rings. The van der Waals surface area contributed by atoms with Crippen molar-refractivity contribution in [2.24, 2.45) is 0 Å². The summed E-state index contributed by atoms with van der Waals surface area (Å²) in [5.74, 6) is -0.263. The Kier molecular flexibility index (Phi) is 7.89. The zero-order chi connectivity index (χ0) is 29.9. The molecule has 4 N–H and O–H groups in total. The molecule has 6 rings (SSSR count). The quantitative estimate of drug-likeness (QED) is 0.131. The molecule has 2 amide bonds. The van der Waals surface area contributed by atoms with Gasteiger partial charge in [-0.15, -0.1) is 0 Å². The number of hydrogen-bond donors (Lipinski definition) is 4. The summed E-state index contributed by atoms with van der Waals surface area (Å²) in [5, 5.41) is 18.7. The first-order valence-electron chi connectivity index (χ1n) is 13.7. The molecular formula is C34H28BrN3O5. The Labute approximate surface area is 255 Å². The third kappa shape index (κ3) is 5.59. The fourth-order valence-electron chi connectivity index (χ4n) is 5.52. The van der Waals surface area contributed by atoms with Crippen LogP contribution in [0.3, 0.4) is 0 Å². The zero-order valence-corrected chi connectivity index (χ0v) is 24.8. The molecule has 0 aliphatic carbocycles. The fraction of sp³-hybridized carbons (Fsp3) is 0.118. The van der Waals surface area contributed by atoms with E-state index >= 15 is 0 Å². The number of anilines is 1. The van der Waals surface area contributed by atoms with Gasteiger partial charge in [-0.05, 0) is 60.0 Å². The first-order chi connectivity index (χ1) is 20.9. The Morgan fingerprint density at radius 1 is 0.977 bits per heavy atom. The molecule has 43 heavy (non-hydrogen) atoms. The SMILES string of the molecule is COc1ccccc1NC(=O)NCCc1c(C(c2cccc(Br)c2)c2c(O)c3ccccc3oc2=O)[nH]c2ccccc12. The number of methoxy groups -OCH3 is 1. The number of halogens is 1. The minimum Gasteiger partial charge on any atom is -0.507 e. The zero-order valence-electron chi connectivity index (χ0n) is 23.2. The summed E-state index contributed by atoms with van der Waals surface area (Å²) in [5.41, 5.74) is 3.66. The number of aromatic nitrogens is 1. The van der Waals surface area contributed by atoms with E-state index in [0.29, 0.717) is 35.4 Å². The van der Waals surface area contributed by atoms with Crippen LogP contribution >= 0.6 is 15.9 Å². The Morgan fingerprint density at radius 3 is 2.53 bits per heavy atom. The molecule has 0 aliphatic rings. The van der Waals surface area contributed by atoms with Crippen molar-refractivity contribution in [1.82, 2.24) is 10.3 Å². The Hall–Kier alpha value is -5.02. The molecular weight excluding hydrogens is 610 g/mol. The number of urea groups is 1. The largest absolute Gasteiger partial charge is 0.507 e. The number of fused-ring (bicyclic) bond motifs is 2. The van der Waals surface area contributed by atoms with Gasteiger partial charge < -0.3 is 29.9 Å². The minimum absolute atomic E-state index is 0.129. The van der Waals surface area contributed by atoms with Crippen LogP contribution in [0.5, 0.6) is 11.5 Å². The second-order valence-electron chi connectivity index (χ2n) is 10.0. The van der Waals surface area contributed by atoms with E-state index in [-0.39, 0.29) is 17.3 Å². The molecule has 6 aromatic rings. The Balaban J connectivity index is 1.42. The number of ether oxygens (including phenoxy) is 1. The molecule has 1 atom stereocenters. The van der Waals surface area contributed by atoms with Gasteiger partial charge in [0, 0.05) is 27.6 Å². The standard InChI is InChI=1S/C34H28BrN3O5/c1-42-28-16-7-5-14-26(28)38-34(41)36-18-17-23-22-11-2-4-13-25(22)37-31(23)29(20-9-8-10-21(35)19-20)30-32(39)24-12-3-6-15-27(24)43-33(30)40/h2-16,19,29,37,39H,17-18H2,1H3,(H2,36,38,41). The average Bonchev–Trinajstić information content (AvgIpc) is 3.37. The molecule has 0 bridgehead atoms. The third-order valence-corrected chi connectivity index (χ3v) is 7.93. The lowest BCUT2D eigenvalue weighted by Crippen LogP contribution is -2.30. The summed E-state index contributed by atoms with van der Waals surface area (Å²) in [4.78, 5) is 29.9. The van der Waals surface area contributed by atoms with E-state index in [0.717, 1.165) is 32.2 Å². The molecule has 0 saturated heterocycles. The van der Waals surface area contributed by atoms with Crippen molar-refractivity contribution in [3.63, 3.8) is 0 Å². The van der Waals surface area contributed by atoms with Crippen LogP contribution in [0, 0.1) is 0 Å². The predicted molar refractivity (Wildman–Crippen MR) is 171 cm³/mol. The number of carbonyl (C=O) groups is 1. The van der Waals surface area contributed by atoms with E-state index in [9.17, 15) is 14.7 Å². The van der Waals surface area contributed by atoms with E-state index in [1.807, 2.05) is 60.7 Å². The average molecular weight is 639 g/mol. The number of rotatable bonds is 8. The first-order valence-corrected chi connectivity index (χ1v) is 14.5. The van der Waals surface area contributed by atoms with Crippen LogP contribution in [0.2, 0.25) is 0 Å². The molecule has 0 saturated carbocycles. The predicted octanol–water partition coefficient (Wildman–Crippen LogP) is 7.30. The summed E-state index contributed by atoms with van der Waals surface area (Å²) in [6.07, 6.45) is 0.447. The number of nitrogens with one attached hydrogen (secondary N) is 3. The molecule has 4 aromatic carbocycles. The number of H-pyrrole nitrogens is 1. The monoisotopic (exact) mass is 637 g/mol.